The van der Waals surface area contributed by atoms with Crippen molar-refractivity contribution in [2.24, 2.45) is 0 Å². The van der Waals surface area contributed by atoms with E-state index in [4.69, 9.17) is 0 Å². The van der Waals surface area contributed by atoms with Gasteiger partial charge in [0.05, 0.1) is 29.0 Å². The van der Waals surface area contributed by atoms with Gasteiger partial charge in [-0.1, -0.05) is 12.1 Å². The molecule has 118 valence electrons. The van der Waals surface area contributed by atoms with Gasteiger partial charge in [0.1, 0.15) is 6.04 Å². The second-order valence-electron chi connectivity index (χ2n) is 6.66. The van der Waals surface area contributed by atoms with E-state index in [1.165, 1.54) is 0 Å². The number of aromatic nitrogens is 2. The third kappa shape index (κ3) is 2.50. The molecule has 2 unspecified atom stereocenters. The standard InChI is InChI=1S/C17H23N3O2/c1-12(20-11-18-13-7-4-5-8-14(13)20)16(21)19-10-6-9-15(19)17(2,3)22/h4-5,7-8,11-12,15,22H,6,9-10H2,1-3H3. The predicted octanol–water partition coefficient (Wildman–Crippen LogP) is 2.36. The van der Waals surface area contributed by atoms with Gasteiger partial charge in [0.2, 0.25) is 5.91 Å². The first-order valence-corrected chi connectivity index (χ1v) is 7.84. The maximum atomic E-state index is 12.9. The lowest BCUT2D eigenvalue weighted by Crippen LogP contribution is -2.49. The smallest absolute Gasteiger partial charge is 0.245 e. The van der Waals surface area contributed by atoms with E-state index in [0.29, 0.717) is 6.54 Å². The number of aliphatic hydroxyl groups is 1. The summed E-state index contributed by atoms with van der Waals surface area (Å²) in [6.45, 7) is 6.17. The highest BCUT2D eigenvalue weighted by molar-refractivity contribution is 5.84. The van der Waals surface area contributed by atoms with E-state index in [1.54, 1.807) is 20.2 Å². The van der Waals surface area contributed by atoms with Crippen LogP contribution in [0, 0.1) is 0 Å². The van der Waals surface area contributed by atoms with E-state index in [-0.39, 0.29) is 18.0 Å². The van der Waals surface area contributed by atoms with Crippen molar-refractivity contribution >= 4 is 16.9 Å². The van der Waals surface area contributed by atoms with E-state index < -0.39 is 5.60 Å². The van der Waals surface area contributed by atoms with E-state index in [1.807, 2.05) is 40.7 Å². The first-order chi connectivity index (χ1) is 10.4. The number of hydrogen-bond donors (Lipinski definition) is 1. The van der Waals surface area contributed by atoms with Crippen LogP contribution in [0.4, 0.5) is 0 Å². The van der Waals surface area contributed by atoms with Crippen molar-refractivity contribution in [3.8, 4) is 0 Å². The molecule has 0 bridgehead atoms. The third-order valence-corrected chi connectivity index (χ3v) is 4.61. The molecule has 1 aromatic heterocycles. The lowest BCUT2D eigenvalue weighted by atomic mass is 9.96. The molecule has 5 nitrogen and oxygen atoms in total. The van der Waals surface area contributed by atoms with Crippen LogP contribution >= 0.6 is 0 Å². The van der Waals surface area contributed by atoms with Gasteiger partial charge in [-0.3, -0.25) is 4.79 Å². The van der Waals surface area contributed by atoms with Gasteiger partial charge in [-0.15, -0.1) is 0 Å². The molecule has 1 amide bonds. The molecule has 2 atom stereocenters. The number of hydrogen-bond acceptors (Lipinski definition) is 3. The quantitative estimate of drug-likeness (QED) is 0.947. The SMILES string of the molecule is CC(C(=O)N1CCCC1C(C)(C)O)n1cnc2ccccc21. The molecule has 0 spiro atoms. The largest absolute Gasteiger partial charge is 0.388 e. The Balaban J connectivity index is 1.88. The molecule has 0 saturated carbocycles. The minimum Gasteiger partial charge on any atom is -0.388 e. The van der Waals surface area contributed by atoms with Crippen LogP contribution in [-0.2, 0) is 4.79 Å². The number of likely N-dealkylation sites (tertiary alicyclic amines) is 1. The number of imidazole rings is 1. The van der Waals surface area contributed by atoms with Crippen molar-refractivity contribution in [1.29, 1.82) is 0 Å². The monoisotopic (exact) mass is 301 g/mol. The second-order valence-corrected chi connectivity index (χ2v) is 6.66. The van der Waals surface area contributed by atoms with E-state index in [2.05, 4.69) is 4.98 Å². The zero-order valence-corrected chi connectivity index (χ0v) is 13.4. The van der Waals surface area contributed by atoms with Crippen LogP contribution in [0.1, 0.15) is 39.7 Å². The summed E-state index contributed by atoms with van der Waals surface area (Å²) in [5.41, 5.74) is 0.980. The Morgan fingerprint density at radius 1 is 1.41 bits per heavy atom. The fourth-order valence-corrected chi connectivity index (χ4v) is 3.41. The molecule has 22 heavy (non-hydrogen) atoms. The Labute approximate surface area is 130 Å². The lowest BCUT2D eigenvalue weighted by molar-refractivity contribution is -0.139. The van der Waals surface area contributed by atoms with Gasteiger partial charge in [0.15, 0.2) is 0 Å². The van der Waals surface area contributed by atoms with Crippen molar-refractivity contribution in [2.75, 3.05) is 6.54 Å². The second kappa shape index (κ2) is 5.39. The molecule has 5 heteroatoms. The van der Waals surface area contributed by atoms with E-state index >= 15 is 0 Å². The van der Waals surface area contributed by atoms with Crippen molar-refractivity contribution in [2.45, 2.75) is 51.3 Å². The fourth-order valence-electron chi connectivity index (χ4n) is 3.41. The normalized spacial score (nSPS) is 20.5. The fraction of sp³-hybridized carbons (Fsp3) is 0.529. The Bertz CT molecular complexity index is 687. The molecule has 1 aliphatic rings. The first kappa shape index (κ1) is 15.0. The number of nitrogens with zero attached hydrogens (tertiary/aromatic N) is 3. The summed E-state index contributed by atoms with van der Waals surface area (Å²) in [6.07, 6.45) is 3.52. The molecule has 2 heterocycles. The summed E-state index contributed by atoms with van der Waals surface area (Å²) in [5.74, 6) is 0.0489. The minimum atomic E-state index is -0.872. The Kier molecular flexibility index (Phi) is 3.68. The average molecular weight is 301 g/mol. The van der Waals surface area contributed by atoms with Crippen LogP contribution < -0.4 is 0 Å². The molecule has 2 aromatic rings. The zero-order chi connectivity index (χ0) is 15.9. The van der Waals surface area contributed by atoms with E-state index in [0.717, 1.165) is 23.9 Å². The van der Waals surface area contributed by atoms with Crippen LogP contribution in [-0.4, -0.2) is 43.7 Å². The van der Waals surface area contributed by atoms with Crippen LogP contribution in [0.15, 0.2) is 30.6 Å². The number of para-hydroxylation sites is 2. The summed E-state index contributed by atoms with van der Waals surface area (Å²) in [4.78, 5) is 19.1. The molecule has 3 rings (SSSR count). The molecule has 0 aliphatic carbocycles. The summed E-state index contributed by atoms with van der Waals surface area (Å²) >= 11 is 0. The Hall–Kier alpha value is -1.88. The Morgan fingerprint density at radius 3 is 2.86 bits per heavy atom. The number of fused-ring (bicyclic) bond motifs is 1. The average Bonchev–Trinajstić information content (AvgIpc) is 3.12. The van der Waals surface area contributed by atoms with Crippen LogP contribution in [0.5, 0.6) is 0 Å². The number of rotatable bonds is 3. The third-order valence-electron chi connectivity index (χ3n) is 4.61. The minimum absolute atomic E-state index is 0.0489. The van der Waals surface area contributed by atoms with Gasteiger partial charge in [-0.2, -0.15) is 0 Å². The molecule has 1 fully saturated rings. The highest BCUT2D eigenvalue weighted by Gasteiger charge is 2.40. The van der Waals surface area contributed by atoms with Crippen LogP contribution in [0.25, 0.3) is 11.0 Å². The zero-order valence-electron chi connectivity index (χ0n) is 13.4. The molecular weight excluding hydrogens is 278 g/mol. The molecule has 1 aliphatic heterocycles. The van der Waals surface area contributed by atoms with Crippen molar-refractivity contribution in [1.82, 2.24) is 14.5 Å². The topological polar surface area (TPSA) is 58.4 Å². The van der Waals surface area contributed by atoms with Gasteiger partial charge in [0.25, 0.3) is 0 Å². The summed E-state index contributed by atoms with van der Waals surface area (Å²) < 4.78 is 1.91. The maximum absolute atomic E-state index is 12.9. The highest BCUT2D eigenvalue weighted by Crippen LogP contribution is 2.29. The van der Waals surface area contributed by atoms with E-state index in [9.17, 15) is 9.90 Å². The highest BCUT2D eigenvalue weighted by atomic mass is 16.3. The summed E-state index contributed by atoms with van der Waals surface area (Å²) in [6, 6.07) is 7.37. The number of carbonyl (C=O) groups is 1. The van der Waals surface area contributed by atoms with Gasteiger partial charge < -0.3 is 14.6 Å². The molecular formula is C17H23N3O2. The van der Waals surface area contributed by atoms with Crippen molar-refractivity contribution < 1.29 is 9.90 Å². The number of amides is 1. The summed E-state index contributed by atoms with van der Waals surface area (Å²) in [7, 11) is 0. The first-order valence-electron chi connectivity index (χ1n) is 7.84. The molecule has 0 radical (unpaired) electrons. The molecule has 1 N–H and O–H groups in total. The van der Waals surface area contributed by atoms with Crippen molar-refractivity contribution in [3.63, 3.8) is 0 Å². The maximum Gasteiger partial charge on any atom is 0.245 e. The van der Waals surface area contributed by atoms with Crippen LogP contribution in [0.2, 0.25) is 0 Å². The van der Waals surface area contributed by atoms with Crippen molar-refractivity contribution in [3.05, 3.63) is 30.6 Å². The van der Waals surface area contributed by atoms with Gasteiger partial charge >= 0.3 is 0 Å². The predicted molar refractivity (Wildman–Crippen MR) is 85.5 cm³/mol. The number of benzene rings is 1. The summed E-state index contributed by atoms with van der Waals surface area (Å²) in [5, 5.41) is 10.3. The Morgan fingerprint density at radius 2 is 2.14 bits per heavy atom. The van der Waals surface area contributed by atoms with Gasteiger partial charge in [-0.05, 0) is 45.7 Å². The number of carbonyl (C=O) groups excluding carboxylic acids is 1. The molecule has 1 saturated heterocycles. The molecule has 1 aromatic carbocycles. The van der Waals surface area contributed by atoms with Crippen LogP contribution in [0.3, 0.4) is 0 Å². The van der Waals surface area contributed by atoms with Gasteiger partial charge in [-0.25, -0.2) is 4.98 Å². The lowest BCUT2D eigenvalue weighted by Gasteiger charge is -2.35. The van der Waals surface area contributed by atoms with Gasteiger partial charge in [0, 0.05) is 6.54 Å².